The van der Waals surface area contributed by atoms with Gasteiger partial charge in [-0.3, -0.25) is 9.97 Å². The molecule has 0 amide bonds. The maximum atomic E-state index is 5.10. The molecule has 0 N–H and O–H groups in total. The van der Waals surface area contributed by atoms with Crippen LogP contribution in [0.2, 0.25) is 0 Å². The van der Waals surface area contributed by atoms with Crippen LogP contribution in [0.5, 0.6) is 0 Å². The number of anilines is 2. The SMILES string of the molecule is Cc1ccc(N(C2=C(c3ccccc3)C(c3cccc(-c4ccccc4)c3)=C3C2=C(c2ccccc2)c2cc(-c4ccc5c(-c6cccc7ccccc67)cccc5c4)c(-c4ccccc4)cc23)c2ccc3ccccc3c2)cc1.c1ccc(-c2ccc(C3=C(c4ccc5cc6cnccc6cc5c4)C(c4ccncn4)=C4C3=C(c3ccc(-c5ccccc5)cc3)c3cc(-c5ccccn5)c(-c5ccccc5)cc34)cc2)cc1. The van der Waals surface area contributed by atoms with E-state index in [1.807, 2.05) is 30.9 Å². The van der Waals surface area contributed by atoms with Crippen molar-refractivity contribution in [3.05, 3.63) is 630 Å². The van der Waals surface area contributed by atoms with Gasteiger partial charge in [0.25, 0.3) is 0 Å². The smallest absolute Gasteiger partial charge is 0.116 e. The Morgan fingerprint density at radius 3 is 1.20 bits per heavy atom. The lowest BCUT2D eigenvalue weighted by Gasteiger charge is -2.30. The lowest BCUT2D eigenvalue weighted by atomic mass is 9.84. The van der Waals surface area contributed by atoms with Gasteiger partial charge in [-0.05, 0) is 314 Å². The van der Waals surface area contributed by atoms with E-state index in [1.165, 1.54) is 160 Å². The maximum Gasteiger partial charge on any atom is 0.116 e. The van der Waals surface area contributed by atoms with Gasteiger partial charge >= 0.3 is 0 Å². The van der Waals surface area contributed by atoms with Crippen molar-refractivity contribution in [1.29, 1.82) is 0 Å². The first-order chi connectivity index (χ1) is 73.3. The van der Waals surface area contributed by atoms with Gasteiger partial charge in [-0.15, -0.1) is 0 Å². The molecule has 21 aromatic carbocycles. The van der Waals surface area contributed by atoms with E-state index in [1.54, 1.807) is 6.33 Å². The van der Waals surface area contributed by atoms with Gasteiger partial charge in [0.05, 0.1) is 17.1 Å². The van der Waals surface area contributed by atoms with Crippen LogP contribution in [0.3, 0.4) is 0 Å². The molecule has 24 aromatic rings. The predicted molar refractivity (Wildman–Crippen MR) is 619 cm³/mol. The van der Waals surface area contributed by atoms with E-state index in [4.69, 9.17) is 9.97 Å². The Labute approximate surface area is 860 Å². The summed E-state index contributed by atoms with van der Waals surface area (Å²) in [7, 11) is 0. The Morgan fingerprint density at radius 2 is 0.568 bits per heavy atom. The summed E-state index contributed by atoms with van der Waals surface area (Å²) in [4.78, 5) is 21.5. The molecule has 0 aliphatic heterocycles. The van der Waals surface area contributed by atoms with Gasteiger partial charge in [0, 0.05) is 86.1 Å². The average Bonchev–Trinajstić information content (AvgIpc) is 1.52. The molecule has 0 unspecified atom stereocenters. The first kappa shape index (κ1) is 87.5. The van der Waals surface area contributed by atoms with Crippen molar-refractivity contribution in [2.45, 2.75) is 6.92 Å². The molecule has 4 aliphatic rings. The summed E-state index contributed by atoms with van der Waals surface area (Å²) in [5.41, 5.74) is 48.5. The number of benzene rings is 21. The van der Waals surface area contributed by atoms with E-state index in [2.05, 4.69) is 531 Å². The third-order valence-electron chi connectivity index (χ3n) is 29.9. The fourth-order valence-corrected chi connectivity index (χ4v) is 23.1. The lowest BCUT2D eigenvalue weighted by Crippen LogP contribution is -2.19. The second-order valence-electron chi connectivity index (χ2n) is 38.6. The highest BCUT2D eigenvalue weighted by molar-refractivity contribution is 6.40. The summed E-state index contributed by atoms with van der Waals surface area (Å²) >= 11 is 0. The number of rotatable bonds is 18. The molecule has 0 radical (unpaired) electrons. The van der Waals surface area contributed by atoms with Gasteiger partial charge in [-0.25, -0.2) is 9.97 Å². The molecule has 4 aliphatic carbocycles. The van der Waals surface area contributed by atoms with E-state index in [0.29, 0.717) is 0 Å². The Balaban J connectivity index is 0.000000148. The zero-order valence-electron chi connectivity index (χ0n) is 81.2. The summed E-state index contributed by atoms with van der Waals surface area (Å²) in [5, 5.41) is 11.9. The first-order valence-corrected chi connectivity index (χ1v) is 50.7. The maximum absolute atomic E-state index is 5.10. The molecule has 690 valence electrons. The fourth-order valence-electron chi connectivity index (χ4n) is 23.1. The third-order valence-corrected chi connectivity index (χ3v) is 29.9. The van der Waals surface area contributed by atoms with Gasteiger partial charge in [-0.2, -0.15) is 0 Å². The molecule has 0 saturated heterocycles. The van der Waals surface area contributed by atoms with Crippen molar-refractivity contribution in [2.75, 3.05) is 4.90 Å². The van der Waals surface area contributed by atoms with Crippen molar-refractivity contribution in [3.63, 3.8) is 0 Å². The topological polar surface area (TPSA) is 54.8 Å². The molecule has 0 fully saturated rings. The summed E-state index contributed by atoms with van der Waals surface area (Å²) in [5.74, 6) is 0. The Bertz CT molecular complexity index is 9590. The number of fused-ring (bicyclic) bond motifs is 11. The quantitative estimate of drug-likeness (QED) is 0.0802. The zero-order valence-corrected chi connectivity index (χ0v) is 81.2. The van der Waals surface area contributed by atoms with Gasteiger partial charge < -0.3 is 4.90 Å². The fraction of sp³-hybridized carbons (Fsp3) is 0.00699. The van der Waals surface area contributed by atoms with E-state index < -0.39 is 0 Å². The number of aromatic nitrogens is 4. The van der Waals surface area contributed by atoms with Crippen LogP contribution in [0.25, 0.3) is 193 Å². The molecule has 0 atom stereocenters. The molecule has 3 heterocycles. The van der Waals surface area contributed by atoms with Crippen LogP contribution in [0.15, 0.2) is 564 Å². The second kappa shape index (κ2) is 37.4. The minimum Gasteiger partial charge on any atom is -0.309 e. The normalized spacial score (nSPS) is 13.0. The van der Waals surface area contributed by atoms with Gasteiger partial charge in [0.2, 0.25) is 0 Å². The molecule has 148 heavy (non-hydrogen) atoms. The Morgan fingerprint density at radius 1 is 0.162 bits per heavy atom. The highest BCUT2D eigenvalue weighted by Crippen LogP contribution is 2.66. The van der Waals surface area contributed by atoms with E-state index in [-0.39, 0.29) is 0 Å². The first-order valence-electron chi connectivity index (χ1n) is 50.7. The van der Waals surface area contributed by atoms with E-state index >= 15 is 0 Å². The molecule has 5 heteroatoms. The number of aryl methyl sites for hydroxylation is 1. The van der Waals surface area contributed by atoms with Crippen LogP contribution < -0.4 is 4.90 Å². The number of hydrogen-bond donors (Lipinski definition) is 0. The van der Waals surface area contributed by atoms with Crippen LogP contribution in [0.1, 0.15) is 66.9 Å². The number of hydrogen-bond acceptors (Lipinski definition) is 5. The molecular formula is C143H93N5. The number of nitrogens with zero attached hydrogens (tertiary/aromatic N) is 5. The molecule has 28 rings (SSSR count). The highest BCUT2D eigenvalue weighted by atomic mass is 15.2. The van der Waals surface area contributed by atoms with Crippen LogP contribution in [0, 0.1) is 6.92 Å². The van der Waals surface area contributed by atoms with Crippen LogP contribution in [-0.2, 0) is 0 Å². The number of pyridine rings is 2. The van der Waals surface area contributed by atoms with Crippen molar-refractivity contribution < 1.29 is 0 Å². The van der Waals surface area contributed by atoms with Gasteiger partial charge in [-0.1, -0.05) is 418 Å². The van der Waals surface area contributed by atoms with Crippen LogP contribution in [-0.4, -0.2) is 19.9 Å². The largest absolute Gasteiger partial charge is 0.309 e. The Hall–Kier alpha value is -19.5. The summed E-state index contributed by atoms with van der Waals surface area (Å²) < 4.78 is 0. The molecule has 3 aromatic heterocycles. The summed E-state index contributed by atoms with van der Waals surface area (Å²) in [6, 6.07) is 189. The molecule has 0 saturated carbocycles. The molecule has 5 nitrogen and oxygen atoms in total. The molecule has 0 bridgehead atoms. The van der Waals surface area contributed by atoms with Gasteiger partial charge in [0.15, 0.2) is 0 Å². The van der Waals surface area contributed by atoms with Gasteiger partial charge in [0.1, 0.15) is 6.33 Å². The van der Waals surface area contributed by atoms with Crippen LogP contribution >= 0.6 is 0 Å². The van der Waals surface area contributed by atoms with E-state index in [9.17, 15) is 0 Å². The summed E-state index contributed by atoms with van der Waals surface area (Å²) in [6.07, 6.45) is 9.24. The average molecular weight is 1880 g/mol. The third kappa shape index (κ3) is 15.7. The minimum atomic E-state index is 0.866. The predicted octanol–water partition coefficient (Wildman–Crippen LogP) is 36.7. The van der Waals surface area contributed by atoms with Crippen LogP contribution in [0.4, 0.5) is 11.4 Å². The number of allylic oxidation sites excluding steroid dienone is 8. The zero-order chi connectivity index (χ0) is 98.1. The van der Waals surface area contributed by atoms with Crippen molar-refractivity contribution in [2.24, 2.45) is 0 Å². The lowest BCUT2D eigenvalue weighted by molar-refractivity contribution is 1.15. The molecular weight excluding hydrogens is 1790 g/mol. The highest BCUT2D eigenvalue weighted by Gasteiger charge is 2.45. The van der Waals surface area contributed by atoms with Crippen molar-refractivity contribution in [3.8, 4) is 89.1 Å². The summed E-state index contributed by atoms with van der Waals surface area (Å²) in [6.45, 7) is 2.18. The Kier molecular flexibility index (Phi) is 22.1. The van der Waals surface area contributed by atoms with Crippen molar-refractivity contribution >= 4 is 115 Å². The second-order valence-corrected chi connectivity index (χ2v) is 38.6. The van der Waals surface area contributed by atoms with E-state index in [0.717, 1.165) is 128 Å². The molecule has 0 spiro atoms. The van der Waals surface area contributed by atoms with Crippen molar-refractivity contribution in [1.82, 2.24) is 19.9 Å². The monoisotopic (exact) mass is 1880 g/mol. The standard InChI is InChI=1S/C79H53N.C64H40N4/c1-52-39-43-64(44-40-52)80(65-45-41-54-23-14-15-31-60(54)49-65)79-76(58-29-12-5-13-30-58)75(63-35-18-33-59(47-63)53-21-6-2-7-22-53)77-73-50-70(56-24-8-3-9-25-56)71(51-72(73)74(78(77)79)57-27-10-4-11-28-57)62-42-46-67-61(48-62)34-20-38-69(67)68-37-19-32-55-26-16-17-36-66(55)68;1-4-12-41(13-5-1)43-19-23-46(24-20-43)59-55-38-54(57-18-10-11-31-67-57)53(45-16-8-3-9-17-45)37-56(55)62-63(58-30-33-66-40-68-58)61(50-28-27-48-35-52-39-65-32-29-49(52)34-51(48)36-50)60(64(59)62)47-25-21-44(22-26-47)42-14-6-2-7-15-42/h2-51H,1H3;1-40H. The minimum absolute atomic E-state index is 0.866.